The predicted molar refractivity (Wildman–Crippen MR) is 135 cm³/mol. The topological polar surface area (TPSA) is 15.3 Å². The van der Waals surface area contributed by atoms with Gasteiger partial charge in [0.2, 0.25) is 0 Å². The van der Waals surface area contributed by atoms with Crippen LogP contribution in [-0.2, 0) is 6.42 Å². The van der Waals surface area contributed by atoms with Crippen molar-refractivity contribution < 1.29 is 0 Å². The molecule has 0 amide bonds. The molecule has 2 nitrogen and oxygen atoms in total. The predicted octanol–water partition coefficient (Wildman–Crippen LogP) is 6.78. The summed E-state index contributed by atoms with van der Waals surface area (Å²) in [6.45, 7) is 12.8. The summed E-state index contributed by atoms with van der Waals surface area (Å²) in [5.41, 5.74) is 6.96. The first kappa shape index (κ1) is 23.6. The van der Waals surface area contributed by atoms with Gasteiger partial charge in [-0.1, -0.05) is 75.3 Å². The zero-order chi connectivity index (χ0) is 22.2. The minimum Gasteiger partial charge on any atom is -0.384 e. The van der Waals surface area contributed by atoms with Crippen LogP contribution in [-0.4, -0.2) is 31.1 Å². The number of hydrogen-bond acceptors (Lipinski definition) is 2. The first-order valence-electron chi connectivity index (χ1n) is 12.2. The van der Waals surface area contributed by atoms with E-state index in [-0.39, 0.29) is 0 Å². The van der Waals surface area contributed by atoms with Crippen molar-refractivity contribution in [1.29, 1.82) is 0 Å². The first-order valence-corrected chi connectivity index (χ1v) is 12.2. The van der Waals surface area contributed by atoms with Crippen molar-refractivity contribution in [2.45, 2.75) is 71.3 Å². The van der Waals surface area contributed by atoms with Crippen LogP contribution >= 0.6 is 0 Å². The number of dihydropyridines is 1. The smallest absolute Gasteiger partial charge is 0.0488 e. The van der Waals surface area contributed by atoms with Crippen molar-refractivity contribution in [3.63, 3.8) is 0 Å². The van der Waals surface area contributed by atoms with Gasteiger partial charge in [-0.15, -0.1) is 0 Å². The molecule has 2 heteroatoms. The van der Waals surface area contributed by atoms with Gasteiger partial charge in [-0.25, -0.2) is 0 Å². The number of rotatable bonds is 9. The number of nitrogens with zero attached hydrogens (tertiary/aromatic N) is 1. The number of likely N-dealkylation sites (N-methyl/N-ethyl adjacent to an activating group) is 1. The Kier molecular flexibility index (Phi) is 8.78. The lowest BCUT2D eigenvalue weighted by atomic mass is 9.79. The Labute approximate surface area is 190 Å². The molecule has 0 saturated heterocycles. The molecule has 31 heavy (non-hydrogen) atoms. The maximum atomic E-state index is 4.16. The Balaban J connectivity index is 1.59. The van der Waals surface area contributed by atoms with Gasteiger partial charge in [0.15, 0.2) is 0 Å². The second-order valence-electron chi connectivity index (χ2n) is 9.72. The Bertz CT molecular complexity index is 804. The molecule has 1 saturated carbocycles. The van der Waals surface area contributed by atoms with E-state index in [1.54, 1.807) is 0 Å². The molecule has 1 heterocycles. The molecular formula is C29H42N2. The number of benzene rings is 1. The maximum absolute atomic E-state index is 4.16. The molecule has 0 aromatic heterocycles. The molecule has 0 radical (unpaired) electrons. The highest BCUT2D eigenvalue weighted by Gasteiger charge is 2.20. The number of allylic oxidation sites excluding steroid dienone is 2. The van der Waals surface area contributed by atoms with E-state index in [0.29, 0.717) is 6.04 Å². The molecule has 3 rings (SSSR count). The van der Waals surface area contributed by atoms with Gasteiger partial charge in [-0.05, 0) is 86.0 Å². The lowest BCUT2D eigenvalue weighted by molar-refractivity contribution is 0.348. The van der Waals surface area contributed by atoms with Crippen molar-refractivity contribution in [3.8, 4) is 0 Å². The monoisotopic (exact) mass is 418 g/mol. The fraction of sp³-hybridized carbons (Fsp3) is 0.517. The lowest BCUT2D eigenvalue weighted by Crippen LogP contribution is -2.29. The van der Waals surface area contributed by atoms with Crippen molar-refractivity contribution in [1.82, 2.24) is 10.2 Å². The van der Waals surface area contributed by atoms with Gasteiger partial charge >= 0.3 is 0 Å². The Morgan fingerprint density at radius 1 is 1.13 bits per heavy atom. The minimum absolute atomic E-state index is 0.340. The van der Waals surface area contributed by atoms with Gasteiger partial charge in [0, 0.05) is 19.1 Å². The third-order valence-corrected chi connectivity index (χ3v) is 7.03. The number of nitrogens with one attached hydrogen (secondary N) is 1. The molecule has 168 valence electrons. The van der Waals surface area contributed by atoms with E-state index in [1.807, 2.05) is 0 Å². The summed E-state index contributed by atoms with van der Waals surface area (Å²) in [7, 11) is 2.18. The summed E-state index contributed by atoms with van der Waals surface area (Å²) in [5.74, 6) is 1.68. The Morgan fingerprint density at radius 3 is 2.48 bits per heavy atom. The molecule has 1 aliphatic heterocycles. The van der Waals surface area contributed by atoms with E-state index in [0.717, 1.165) is 37.8 Å². The summed E-state index contributed by atoms with van der Waals surface area (Å²) in [4.78, 5) is 2.36. The first-order chi connectivity index (χ1) is 15.0. The highest BCUT2D eigenvalue weighted by Crippen LogP contribution is 2.35. The molecular weight excluding hydrogens is 376 g/mol. The van der Waals surface area contributed by atoms with Crippen molar-refractivity contribution >= 4 is 0 Å². The molecule has 1 atom stereocenters. The number of hydrogen-bond donors (Lipinski definition) is 1. The summed E-state index contributed by atoms with van der Waals surface area (Å²) in [5, 5.41) is 3.54. The van der Waals surface area contributed by atoms with Gasteiger partial charge in [0.1, 0.15) is 0 Å². The zero-order valence-electron chi connectivity index (χ0n) is 20.2. The fourth-order valence-corrected chi connectivity index (χ4v) is 4.88. The van der Waals surface area contributed by atoms with Crippen LogP contribution in [0.5, 0.6) is 0 Å². The molecule has 1 aromatic carbocycles. The Hall–Kier alpha value is -2.06. The van der Waals surface area contributed by atoms with Crippen LogP contribution in [0.3, 0.4) is 0 Å². The minimum atomic E-state index is 0.340. The van der Waals surface area contributed by atoms with E-state index in [4.69, 9.17) is 0 Å². The van der Waals surface area contributed by atoms with Gasteiger partial charge < -0.3 is 5.32 Å². The van der Waals surface area contributed by atoms with Crippen LogP contribution in [0.15, 0.2) is 72.0 Å². The van der Waals surface area contributed by atoms with E-state index in [9.17, 15) is 0 Å². The summed E-state index contributed by atoms with van der Waals surface area (Å²) >= 11 is 0. The molecule has 1 N–H and O–H groups in total. The molecule has 0 spiro atoms. The molecule has 2 aliphatic rings. The van der Waals surface area contributed by atoms with Crippen molar-refractivity contribution in [3.05, 3.63) is 83.1 Å². The largest absolute Gasteiger partial charge is 0.384 e. The molecule has 1 aromatic rings. The van der Waals surface area contributed by atoms with Gasteiger partial charge in [-0.2, -0.15) is 0 Å². The fourth-order valence-electron chi connectivity index (χ4n) is 4.88. The summed E-state index contributed by atoms with van der Waals surface area (Å²) in [6.07, 6.45) is 16.5. The van der Waals surface area contributed by atoms with Crippen LogP contribution < -0.4 is 5.32 Å². The summed E-state index contributed by atoms with van der Waals surface area (Å²) in [6, 6.07) is 9.80. The highest BCUT2D eigenvalue weighted by atomic mass is 15.1. The average Bonchev–Trinajstić information content (AvgIpc) is 2.78. The van der Waals surface area contributed by atoms with Gasteiger partial charge in [0.05, 0.1) is 0 Å². The van der Waals surface area contributed by atoms with Gasteiger partial charge in [0.25, 0.3) is 0 Å². The van der Waals surface area contributed by atoms with E-state index < -0.39 is 0 Å². The standard InChI is InChI=1S/C29H42N2/c1-6-22(3)20-31(5)21-25(7-2)28-16-17-30-29(19-28)18-24-10-14-27(15-11-24)26-12-8-23(4)9-13-26/h7,10-11,14-17,19,23,26,29-30H,3,6,8-9,12-13,18,20-21H2,1-2,4-5H3/b25-7+. The second-order valence-corrected chi connectivity index (χ2v) is 9.72. The van der Waals surface area contributed by atoms with E-state index in [1.165, 1.54) is 53.5 Å². The van der Waals surface area contributed by atoms with E-state index in [2.05, 4.69) is 93.3 Å². The zero-order valence-corrected chi connectivity index (χ0v) is 20.2. The average molecular weight is 419 g/mol. The lowest BCUT2D eigenvalue weighted by Gasteiger charge is -2.27. The summed E-state index contributed by atoms with van der Waals surface area (Å²) < 4.78 is 0. The third-order valence-electron chi connectivity index (χ3n) is 7.03. The normalized spacial score (nSPS) is 24.1. The molecule has 1 aliphatic carbocycles. The highest BCUT2D eigenvalue weighted by molar-refractivity contribution is 5.43. The van der Waals surface area contributed by atoms with Crippen molar-refractivity contribution in [2.24, 2.45) is 5.92 Å². The van der Waals surface area contributed by atoms with Crippen LogP contribution in [0.4, 0.5) is 0 Å². The molecule has 1 fully saturated rings. The third kappa shape index (κ3) is 6.97. The SMILES string of the molecule is C=C(CC)CN(C)C/C(=C\C)C1=CC(Cc2ccc(C3CCC(C)CC3)cc2)NC=C1. The second kappa shape index (κ2) is 11.5. The van der Waals surface area contributed by atoms with Crippen LogP contribution in [0.1, 0.15) is 69.9 Å². The Morgan fingerprint density at radius 2 is 1.84 bits per heavy atom. The van der Waals surface area contributed by atoms with Crippen LogP contribution in [0.25, 0.3) is 0 Å². The molecule has 1 unspecified atom stereocenters. The molecule has 0 bridgehead atoms. The quantitative estimate of drug-likeness (QED) is 0.445. The van der Waals surface area contributed by atoms with Crippen LogP contribution in [0.2, 0.25) is 0 Å². The van der Waals surface area contributed by atoms with Crippen LogP contribution in [0, 0.1) is 5.92 Å². The maximum Gasteiger partial charge on any atom is 0.0488 e. The van der Waals surface area contributed by atoms with E-state index >= 15 is 0 Å². The van der Waals surface area contributed by atoms with Gasteiger partial charge in [-0.3, -0.25) is 4.90 Å². The van der Waals surface area contributed by atoms with Crippen molar-refractivity contribution in [2.75, 3.05) is 20.1 Å².